The van der Waals surface area contributed by atoms with Gasteiger partial charge in [-0.15, -0.1) is 0 Å². The van der Waals surface area contributed by atoms with Crippen molar-refractivity contribution in [1.82, 2.24) is 5.32 Å². The minimum Gasteiger partial charge on any atom is -0.496 e. The molecule has 0 aliphatic carbocycles. The summed E-state index contributed by atoms with van der Waals surface area (Å²) in [6.07, 6.45) is 0.904. The molecule has 0 bridgehead atoms. The summed E-state index contributed by atoms with van der Waals surface area (Å²) in [6.45, 7) is 4.99. The number of methoxy groups -OCH3 is 2. The zero-order valence-electron chi connectivity index (χ0n) is 11.0. The normalized spacial score (nSPS) is 10.4. The van der Waals surface area contributed by atoms with Crippen LogP contribution in [0.1, 0.15) is 16.7 Å². The molecule has 4 heteroatoms. The summed E-state index contributed by atoms with van der Waals surface area (Å²) in [5.74, 6) is 2.57. The Labute approximate surface area is 109 Å². The maximum atomic E-state index is 5.48. The third kappa shape index (κ3) is 3.30. The van der Waals surface area contributed by atoms with E-state index < -0.39 is 0 Å². The fraction of sp³-hybridized carbons (Fsp3) is 0.538. The van der Waals surface area contributed by atoms with Crippen molar-refractivity contribution < 1.29 is 9.47 Å². The molecule has 0 unspecified atom stereocenters. The summed E-state index contributed by atoms with van der Waals surface area (Å²) in [5, 5.41) is 3.19. The van der Waals surface area contributed by atoms with Crippen LogP contribution in [0.15, 0.2) is 6.07 Å². The quantitative estimate of drug-likeness (QED) is 0.465. The van der Waals surface area contributed by atoms with Crippen LogP contribution >= 0.6 is 12.6 Å². The lowest BCUT2D eigenvalue weighted by Gasteiger charge is -2.16. The van der Waals surface area contributed by atoms with Gasteiger partial charge in [-0.3, -0.25) is 0 Å². The predicted octanol–water partition coefficient (Wildman–Crippen LogP) is 2.34. The Balaban J connectivity index is 3.04. The van der Waals surface area contributed by atoms with Gasteiger partial charge in [0.25, 0.3) is 0 Å². The van der Waals surface area contributed by atoms with Crippen LogP contribution in [0.3, 0.4) is 0 Å². The molecule has 0 saturated carbocycles. The molecule has 17 heavy (non-hydrogen) atoms. The van der Waals surface area contributed by atoms with Gasteiger partial charge in [0, 0.05) is 12.4 Å². The third-order valence-electron chi connectivity index (χ3n) is 2.98. The van der Waals surface area contributed by atoms with Crippen LogP contribution in [0, 0.1) is 13.8 Å². The Morgan fingerprint density at radius 1 is 1.18 bits per heavy atom. The summed E-state index contributed by atoms with van der Waals surface area (Å²) in [4.78, 5) is 0. The third-order valence-corrected chi connectivity index (χ3v) is 3.20. The van der Waals surface area contributed by atoms with Crippen molar-refractivity contribution in [3.8, 4) is 11.5 Å². The number of thiol groups is 1. The van der Waals surface area contributed by atoms with Gasteiger partial charge in [-0.25, -0.2) is 0 Å². The van der Waals surface area contributed by atoms with Crippen LogP contribution in [0.2, 0.25) is 0 Å². The van der Waals surface area contributed by atoms with Crippen molar-refractivity contribution in [2.24, 2.45) is 0 Å². The first kappa shape index (κ1) is 14.2. The van der Waals surface area contributed by atoms with Crippen LogP contribution in [0.25, 0.3) is 0 Å². The fourth-order valence-corrected chi connectivity index (χ4v) is 2.07. The van der Waals surface area contributed by atoms with Gasteiger partial charge in [0.2, 0.25) is 0 Å². The minimum absolute atomic E-state index is 0.685. The monoisotopic (exact) mass is 255 g/mol. The van der Waals surface area contributed by atoms with Gasteiger partial charge < -0.3 is 14.8 Å². The molecule has 1 aromatic carbocycles. The number of benzene rings is 1. The SMILES string of the molecule is COc1cc(CCNCS)c(OC)c(C)c1C. The summed E-state index contributed by atoms with van der Waals surface area (Å²) in [5.41, 5.74) is 3.45. The standard InChI is InChI=1S/C13H21NO2S/c1-9-10(2)13(16-4)11(5-6-14-8-17)7-12(9)15-3/h7,14,17H,5-6,8H2,1-4H3. The molecule has 1 rings (SSSR count). The van der Waals surface area contributed by atoms with E-state index in [0.717, 1.165) is 35.6 Å². The van der Waals surface area contributed by atoms with E-state index in [9.17, 15) is 0 Å². The van der Waals surface area contributed by atoms with Crippen LogP contribution in [-0.2, 0) is 6.42 Å². The van der Waals surface area contributed by atoms with Crippen molar-refractivity contribution in [2.75, 3.05) is 26.6 Å². The second kappa shape index (κ2) is 6.77. The smallest absolute Gasteiger partial charge is 0.125 e. The second-order valence-corrected chi connectivity index (χ2v) is 4.25. The second-order valence-electron chi connectivity index (χ2n) is 3.93. The van der Waals surface area contributed by atoms with E-state index in [1.807, 2.05) is 6.92 Å². The van der Waals surface area contributed by atoms with E-state index in [4.69, 9.17) is 9.47 Å². The lowest BCUT2D eigenvalue weighted by atomic mass is 10.0. The Bertz CT molecular complexity index is 380. The molecule has 0 saturated heterocycles. The molecule has 0 spiro atoms. The van der Waals surface area contributed by atoms with Crippen molar-refractivity contribution in [3.63, 3.8) is 0 Å². The van der Waals surface area contributed by atoms with Gasteiger partial charge in [0.15, 0.2) is 0 Å². The molecule has 0 atom stereocenters. The van der Waals surface area contributed by atoms with Gasteiger partial charge in [-0.05, 0) is 43.0 Å². The molecule has 96 valence electrons. The molecule has 1 aromatic rings. The van der Waals surface area contributed by atoms with E-state index >= 15 is 0 Å². The molecule has 0 radical (unpaired) electrons. The largest absolute Gasteiger partial charge is 0.496 e. The fourth-order valence-electron chi connectivity index (χ4n) is 1.91. The van der Waals surface area contributed by atoms with E-state index in [1.54, 1.807) is 14.2 Å². The Morgan fingerprint density at radius 3 is 2.41 bits per heavy atom. The van der Waals surface area contributed by atoms with Crippen molar-refractivity contribution in [1.29, 1.82) is 0 Å². The van der Waals surface area contributed by atoms with Crippen LogP contribution in [-0.4, -0.2) is 26.6 Å². The van der Waals surface area contributed by atoms with Crippen molar-refractivity contribution in [3.05, 3.63) is 22.8 Å². The zero-order valence-corrected chi connectivity index (χ0v) is 11.9. The summed E-state index contributed by atoms with van der Waals surface area (Å²) >= 11 is 4.12. The molecule has 3 nitrogen and oxygen atoms in total. The highest BCUT2D eigenvalue weighted by Crippen LogP contribution is 2.33. The van der Waals surface area contributed by atoms with Crippen LogP contribution in [0.5, 0.6) is 11.5 Å². The molecule has 0 aromatic heterocycles. The number of hydrogen-bond donors (Lipinski definition) is 2. The lowest BCUT2D eigenvalue weighted by Crippen LogP contribution is -2.15. The van der Waals surface area contributed by atoms with Gasteiger partial charge >= 0.3 is 0 Å². The average Bonchev–Trinajstić information content (AvgIpc) is 2.34. The first-order valence-electron chi connectivity index (χ1n) is 5.68. The Kier molecular flexibility index (Phi) is 5.65. The lowest BCUT2D eigenvalue weighted by molar-refractivity contribution is 0.393. The molecule has 1 N–H and O–H groups in total. The molecule has 0 fully saturated rings. The maximum Gasteiger partial charge on any atom is 0.125 e. The van der Waals surface area contributed by atoms with Gasteiger partial charge in [0.05, 0.1) is 14.2 Å². The Morgan fingerprint density at radius 2 is 1.88 bits per heavy atom. The highest BCUT2D eigenvalue weighted by Gasteiger charge is 2.13. The minimum atomic E-state index is 0.685. The molecule has 0 heterocycles. The van der Waals surface area contributed by atoms with E-state index in [-0.39, 0.29) is 0 Å². The summed E-state index contributed by atoms with van der Waals surface area (Å²) in [6, 6.07) is 2.06. The molecule has 0 aliphatic rings. The van der Waals surface area contributed by atoms with E-state index in [0.29, 0.717) is 5.88 Å². The first-order valence-corrected chi connectivity index (χ1v) is 6.31. The van der Waals surface area contributed by atoms with Gasteiger partial charge in [-0.1, -0.05) is 0 Å². The highest BCUT2D eigenvalue weighted by atomic mass is 32.1. The zero-order chi connectivity index (χ0) is 12.8. The maximum absolute atomic E-state index is 5.48. The number of hydrogen-bond acceptors (Lipinski definition) is 4. The van der Waals surface area contributed by atoms with Crippen molar-refractivity contribution in [2.45, 2.75) is 20.3 Å². The van der Waals surface area contributed by atoms with E-state index in [1.165, 1.54) is 5.56 Å². The molecule has 0 amide bonds. The van der Waals surface area contributed by atoms with Crippen LogP contribution < -0.4 is 14.8 Å². The van der Waals surface area contributed by atoms with Gasteiger partial charge in [-0.2, -0.15) is 12.6 Å². The first-order chi connectivity index (χ1) is 8.15. The number of nitrogens with one attached hydrogen (secondary N) is 1. The van der Waals surface area contributed by atoms with Gasteiger partial charge in [0.1, 0.15) is 11.5 Å². The Hall–Kier alpha value is -0.870. The summed E-state index contributed by atoms with van der Waals surface area (Å²) in [7, 11) is 3.41. The topological polar surface area (TPSA) is 30.5 Å². The number of ether oxygens (including phenoxy) is 2. The van der Waals surface area contributed by atoms with Crippen LogP contribution in [0.4, 0.5) is 0 Å². The molecule has 0 aliphatic heterocycles. The molecular weight excluding hydrogens is 234 g/mol. The van der Waals surface area contributed by atoms with E-state index in [2.05, 4.69) is 30.9 Å². The average molecular weight is 255 g/mol. The summed E-state index contributed by atoms with van der Waals surface area (Å²) < 4.78 is 10.9. The molecular formula is C13H21NO2S. The van der Waals surface area contributed by atoms with Crippen molar-refractivity contribution >= 4 is 12.6 Å². The predicted molar refractivity (Wildman–Crippen MR) is 74.6 cm³/mol. The number of rotatable bonds is 6. The highest BCUT2D eigenvalue weighted by molar-refractivity contribution is 7.80.